The smallest absolute Gasteiger partial charge is 0.293 e. The lowest BCUT2D eigenvalue weighted by Crippen LogP contribution is -2.22. The quantitative estimate of drug-likeness (QED) is 0.644. The van der Waals surface area contributed by atoms with E-state index in [1.54, 1.807) is 0 Å². The van der Waals surface area contributed by atoms with Gasteiger partial charge in [0.15, 0.2) is 9.84 Å². The summed E-state index contributed by atoms with van der Waals surface area (Å²) in [6.07, 6.45) is 1.95. The zero-order chi connectivity index (χ0) is 15.6. The Morgan fingerprint density at radius 3 is 2.40 bits per heavy atom. The molecule has 20 heavy (non-hydrogen) atoms. The molecule has 0 amide bonds. The molecule has 0 bridgehead atoms. The van der Waals surface area contributed by atoms with Crippen LogP contribution in [0.2, 0.25) is 0 Å². The van der Waals surface area contributed by atoms with Crippen molar-refractivity contribution in [1.29, 1.82) is 0 Å². The molecular formula is C13H20N2O4S. The van der Waals surface area contributed by atoms with Crippen LogP contribution in [0.4, 0.5) is 11.4 Å². The molecule has 0 aliphatic heterocycles. The highest BCUT2D eigenvalue weighted by atomic mass is 32.2. The fraction of sp³-hybridized carbons (Fsp3) is 0.538. The van der Waals surface area contributed by atoms with Crippen LogP contribution in [0, 0.1) is 15.5 Å². The van der Waals surface area contributed by atoms with Crippen LogP contribution in [0.5, 0.6) is 0 Å². The van der Waals surface area contributed by atoms with Gasteiger partial charge in [-0.3, -0.25) is 10.1 Å². The highest BCUT2D eigenvalue weighted by Crippen LogP contribution is 2.29. The van der Waals surface area contributed by atoms with E-state index >= 15 is 0 Å². The first kappa shape index (κ1) is 16.4. The molecular weight excluding hydrogens is 280 g/mol. The summed E-state index contributed by atoms with van der Waals surface area (Å²) in [6.45, 7) is 6.72. The van der Waals surface area contributed by atoms with Crippen molar-refractivity contribution in [1.82, 2.24) is 0 Å². The third-order valence-electron chi connectivity index (χ3n) is 3.31. The maximum Gasteiger partial charge on any atom is 0.293 e. The normalized spacial score (nSPS) is 12.2. The molecule has 0 aromatic heterocycles. The number of nitrogens with one attached hydrogen (secondary N) is 1. The molecule has 112 valence electrons. The van der Waals surface area contributed by atoms with Crippen molar-refractivity contribution in [3.8, 4) is 0 Å². The van der Waals surface area contributed by atoms with Gasteiger partial charge in [-0.2, -0.15) is 0 Å². The summed E-state index contributed by atoms with van der Waals surface area (Å²) in [5, 5.41) is 14.1. The van der Waals surface area contributed by atoms with E-state index in [-0.39, 0.29) is 16.0 Å². The van der Waals surface area contributed by atoms with Crippen LogP contribution >= 0.6 is 0 Å². The predicted molar refractivity (Wildman–Crippen MR) is 78.8 cm³/mol. The van der Waals surface area contributed by atoms with Crippen LogP contribution in [0.25, 0.3) is 0 Å². The van der Waals surface area contributed by atoms with Crippen molar-refractivity contribution in [2.45, 2.75) is 32.1 Å². The van der Waals surface area contributed by atoms with E-state index < -0.39 is 14.8 Å². The van der Waals surface area contributed by atoms with Crippen molar-refractivity contribution in [3.63, 3.8) is 0 Å². The lowest BCUT2D eigenvalue weighted by molar-refractivity contribution is -0.384. The number of benzene rings is 1. The molecule has 0 spiro atoms. The van der Waals surface area contributed by atoms with Gasteiger partial charge in [0.25, 0.3) is 5.69 Å². The molecule has 0 heterocycles. The van der Waals surface area contributed by atoms with Gasteiger partial charge in [-0.1, -0.05) is 20.8 Å². The van der Waals surface area contributed by atoms with Crippen LogP contribution in [0.15, 0.2) is 23.1 Å². The molecule has 0 unspecified atom stereocenters. The standard InChI is InChI=1S/C13H20N2O4S/c1-5-13(2,3)9-14-11-7-6-10(20(4,18)19)8-12(11)15(16)17/h6-8,14H,5,9H2,1-4H3. The number of anilines is 1. The van der Waals surface area contributed by atoms with E-state index in [9.17, 15) is 18.5 Å². The monoisotopic (exact) mass is 300 g/mol. The zero-order valence-electron chi connectivity index (χ0n) is 12.1. The Balaban J connectivity index is 3.12. The second kappa shape index (κ2) is 5.78. The Morgan fingerprint density at radius 1 is 1.35 bits per heavy atom. The first-order chi connectivity index (χ1) is 9.07. The minimum absolute atomic E-state index is 0.00335. The van der Waals surface area contributed by atoms with Gasteiger partial charge in [0.05, 0.1) is 9.82 Å². The molecule has 0 fully saturated rings. The zero-order valence-corrected chi connectivity index (χ0v) is 13.0. The van der Waals surface area contributed by atoms with Gasteiger partial charge in [0, 0.05) is 18.9 Å². The van der Waals surface area contributed by atoms with Gasteiger partial charge in [-0.25, -0.2) is 8.42 Å². The Morgan fingerprint density at radius 2 is 1.95 bits per heavy atom. The maximum atomic E-state index is 11.4. The molecule has 1 N–H and O–H groups in total. The van der Waals surface area contributed by atoms with Crippen molar-refractivity contribution in [3.05, 3.63) is 28.3 Å². The van der Waals surface area contributed by atoms with E-state index in [0.717, 1.165) is 18.7 Å². The number of hydrogen-bond acceptors (Lipinski definition) is 5. The SMILES string of the molecule is CCC(C)(C)CNc1ccc(S(C)(=O)=O)cc1[N+](=O)[O-]. The van der Waals surface area contributed by atoms with Gasteiger partial charge in [-0.05, 0) is 24.0 Å². The lowest BCUT2D eigenvalue weighted by Gasteiger charge is -2.23. The Bertz CT molecular complexity index is 609. The number of nitro groups is 1. The minimum Gasteiger partial charge on any atom is -0.379 e. The topological polar surface area (TPSA) is 89.3 Å². The fourth-order valence-corrected chi connectivity index (χ4v) is 2.14. The molecule has 0 aliphatic carbocycles. The third kappa shape index (κ3) is 4.19. The van der Waals surface area contributed by atoms with Crippen molar-refractivity contribution in [2.24, 2.45) is 5.41 Å². The first-order valence-corrected chi connectivity index (χ1v) is 8.18. The van der Waals surface area contributed by atoms with Gasteiger partial charge < -0.3 is 5.32 Å². The van der Waals surface area contributed by atoms with Gasteiger partial charge in [-0.15, -0.1) is 0 Å². The van der Waals surface area contributed by atoms with E-state index in [1.807, 2.05) is 6.92 Å². The summed E-state index contributed by atoms with van der Waals surface area (Å²) in [4.78, 5) is 10.4. The predicted octanol–water partition coefficient (Wildman–Crippen LogP) is 2.85. The lowest BCUT2D eigenvalue weighted by atomic mass is 9.90. The maximum absolute atomic E-state index is 11.4. The van der Waals surface area contributed by atoms with Crippen LogP contribution in [0.3, 0.4) is 0 Å². The summed E-state index contributed by atoms with van der Waals surface area (Å²) in [5.74, 6) is 0. The number of nitrogens with zero attached hydrogens (tertiary/aromatic N) is 1. The van der Waals surface area contributed by atoms with E-state index in [0.29, 0.717) is 12.2 Å². The number of hydrogen-bond donors (Lipinski definition) is 1. The Hall–Kier alpha value is -1.63. The number of sulfone groups is 1. The van der Waals surface area contributed by atoms with Crippen LogP contribution in [0.1, 0.15) is 27.2 Å². The van der Waals surface area contributed by atoms with Crippen molar-refractivity contribution >= 4 is 21.2 Å². The van der Waals surface area contributed by atoms with Crippen LogP contribution in [-0.2, 0) is 9.84 Å². The first-order valence-electron chi connectivity index (χ1n) is 6.29. The molecule has 6 nitrogen and oxygen atoms in total. The second-order valence-electron chi connectivity index (χ2n) is 5.58. The molecule has 1 aromatic rings. The van der Waals surface area contributed by atoms with Crippen LogP contribution < -0.4 is 5.32 Å². The van der Waals surface area contributed by atoms with E-state index in [1.165, 1.54) is 12.1 Å². The number of nitro benzene ring substituents is 1. The highest BCUT2D eigenvalue weighted by molar-refractivity contribution is 7.90. The highest BCUT2D eigenvalue weighted by Gasteiger charge is 2.21. The second-order valence-corrected chi connectivity index (χ2v) is 7.60. The summed E-state index contributed by atoms with van der Waals surface area (Å²) < 4.78 is 22.9. The Kier molecular flexibility index (Phi) is 4.75. The molecule has 1 aromatic carbocycles. The molecule has 0 radical (unpaired) electrons. The average Bonchev–Trinajstić information content (AvgIpc) is 2.35. The summed E-state index contributed by atoms with van der Waals surface area (Å²) in [5.41, 5.74) is 0.118. The van der Waals surface area contributed by atoms with E-state index in [4.69, 9.17) is 0 Å². The van der Waals surface area contributed by atoms with Gasteiger partial charge in [0.1, 0.15) is 5.69 Å². The summed E-state index contributed by atoms with van der Waals surface area (Å²) >= 11 is 0. The number of rotatable bonds is 6. The van der Waals surface area contributed by atoms with Gasteiger partial charge in [0.2, 0.25) is 0 Å². The van der Waals surface area contributed by atoms with Crippen molar-refractivity contribution < 1.29 is 13.3 Å². The fourth-order valence-electron chi connectivity index (χ4n) is 1.50. The molecule has 0 saturated carbocycles. The molecule has 1 rings (SSSR count). The van der Waals surface area contributed by atoms with Crippen LogP contribution in [-0.4, -0.2) is 26.1 Å². The van der Waals surface area contributed by atoms with Crippen molar-refractivity contribution in [2.75, 3.05) is 18.1 Å². The Labute approximate surface area is 119 Å². The molecule has 0 saturated heterocycles. The van der Waals surface area contributed by atoms with E-state index in [2.05, 4.69) is 19.2 Å². The third-order valence-corrected chi connectivity index (χ3v) is 4.42. The largest absolute Gasteiger partial charge is 0.379 e. The molecule has 0 atom stereocenters. The molecule has 7 heteroatoms. The van der Waals surface area contributed by atoms with Gasteiger partial charge >= 0.3 is 0 Å². The average molecular weight is 300 g/mol. The molecule has 0 aliphatic rings. The summed E-state index contributed by atoms with van der Waals surface area (Å²) in [7, 11) is -3.46. The minimum atomic E-state index is -3.46. The summed E-state index contributed by atoms with van der Waals surface area (Å²) in [6, 6.07) is 3.92.